The second kappa shape index (κ2) is 8.74. The summed E-state index contributed by atoms with van der Waals surface area (Å²) >= 11 is 0. The Balaban J connectivity index is 0.000000318. The predicted molar refractivity (Wildman–Crippen MR) is 68.0 cm³/mol. The van der Waals surface area contributed by atoms with E-state index in [-0.39, 0.29) is 0 Å². The number of hydrogen-bond acceptors (Lipinski definition) is 3. The Hall–Kier alpha value is -1.38. The molecule has 96 valence electrons. The molecule has 0 unspecified atom stereocenters. The average molecular weight is 238 g/mol. The molecular weight excluding hydrogens is 216 g/mol. The van der Waals surface area contributed by atoms with Crippen LogP contribution in [-0.4, -0.2) is 12.1 Å². The van der Waals surface area contributed by atoms with Crippen LogP contribution in [-0.2, 0) is 4.79 Å². The Morgan fingerprint density at radius 3 is 2.00 bits per heavy atom. The van der Waals surface area contributed by atoms with Crippen LogP contribution in [0.3, 0.4) is 0 Å². The van der Waals surface area contributed by atoms with Crippen molar-refractivity contribution in [3.05, 3.63) is 24.2 Å². The molecule has 0 aliphatic carbocycles. The fraction of sp³-hybridized carbons (Fsp3) is 0.571. The Kier molecular flexibility index (Phi) is 8.03. The molecule has 0 N–H and O–H groups in total. The van der Waals surface area contributed by atoms with E-state index in [2.05, 4.69) is 32.1 Å². The van der Waals surface area contributed by atoms with E-state index in [0.717, 1.165) is 12.8 Å². The number of rotatable bonds is 5. The number of aldehydes is 1. The van der Waals surface area contributed by atoms with Gasteiger partial charge in [0.25, 0.3) is 0 Å². The lowest BCUT2D eigenvalue weighted by atomic mass is 10.00. The van der Waals surface area contributed by atoms with Crippen molar-refractivity contribution < 1.29 is 14.0 Å². The van der Waals surface area contributed by atoms with Gasteiger partial charge in [0.2, 0.25) is 0 Å². The number of carbonyl (C=O) groups excluding carboxylic acids is 2. The fourth-order valence-corrected chi connectivity index (χ4v) is 1.35. The molecule has 3 heteroatoms. The Morgan fingerprint density at radius 1 is 1.24 bits per heavy atom. The molecule has 0 aliphatic rings. The van der Waals surface area contributed by atoms with Crippen LogP contribution in [0.1, 0.15) is 51.1 Å². The lowest BCUT2D eigenvalue weighted by molar-refractivity contribution is -0.120. The summed E-state index contributed by atoms with van der Waals surface area (Å²) in [6.45, 7) is 8.33. The highest BCUT2D eigenvalue weighted by Crippen LogP contribution is 2.07. The van der Waals surface area contributed by atoms with Crippen molar-refractivity contribution in [3.8, 4) is 0 Å². The summed E-state index contributed by atoms with van der Waals surface area (Å²) in [5.41, 5.74) is 0. The minimum absolute atomic E-state index is 0.375. The molecule has 1 rings (SSSR count). The minimum atomic E-state index is 0.375. The molecule has 0 aromatic carbocycles. The molecule has 0 saturated carbocycles. The summed E-state index contributed by atoms with van der Waals surface area (Å²) in [6, 6.07) is 3.27. The number of Topliss-reactive ketones (excluding diaryl/α,β-unsaturated/α-hetero) is 1. The van der Waals surface area contributed by atoms with Crippen molar-refractivity contribution in [3.63, 3.8) is 0 Å². The Bertz CT molecular complexity index is 298. The van der Waals surface area contributed by atoms with Crippen molar-refractivity contribution in [1.29, 1.82) is 0 Å². The summed E-state index contributed by atoms with van der Waals surface area (Å²) in [5, 5.41) is 0. The maximum absolute atomic E-state index is 11.1. The third-order valence-electron chi connectivity index (χ3n) is 1.93. The van der Waals surface area contributed by atoms with E-state index in [1.54, 1.807) is 12.1 Å². The van der Waals surface area contributed by atoms with E-state index < -0.39 is 0 Å². The summed E-state index contributed by atoms with van der Waals surface area (Å²) in [7, 11) is 0. The summed E-state index contributed by atoms with van der Waals surface area (Å²) in [6.07, 6.45) is 3.63. The van der Waals surface area contributed by atoms with Crippen LogP contribution < -0.4 is 0 Å². The van der Waals surface area contributed by atoms with Gasteiger partial charge in [-0.2, -0.15) is 0 Å². The van der Waals surface area contributed by atoms with Crippen LogP contribution in [0, 0.1) is 11.8 Å². The van der Waals surface area contributed by atoms with Gasteiger partial charge in [-0.05, 0) is 24.0 Å². The number of furan rings is 1. The Morgan fingerprint density at radius 2 is 1.76 bits per heavy atom. The predicted octanol–water partition coefficient (Wildman–Crippen LogP) is 3.74. The average Bonchev–Trinajstić information content (AvgIpc) is 2.67. The van der Waals surface area contributed by atoms with Crippen molar-refractivity contribution >= 4 is 12.1 Å². The van der Waals surface area contributed by atoms with E-state index >= 15 is 0 Å². The highest BCUT2D eigenvalue weighted by molar-refractivity contribution is 5.78. The zero-order valence-electron chi connectivity index (χ0n) is 11.1. The highest BCUT2D eigenvalue weighted by Gasteiger charge is 2.06. The molecule has 0 fully saturated rings. The van der Waals surface area contributed by atoms with Gasteiger partial charge >= 0.3 is 0 Å². The maximum atomic E-state index is 11.1. The molecule has 3 nitrogen and oxygen atoms in total. The zero-order chi connectivity index (χ0) is 13.3. The third-order valence-corrected chi connectivity index (χ3v) is 1.93. The molecule has 0 amide bonds. The van der Waals surface area contributed by atoms with Crippen LogP contribution >= 0.6 is 0 Å². The van der Waals surface area contributed by atoms with Gasteiger partial charge in [0.05, 0.1) is 6.26 Å². The van der Waals surface area contributed by atoms with Crippen molar-refractivity contribution in [2.75, 3.05) is 0 Å². The smallest absolute Gasteiger partial charge is 0.185 e. The normalized spacial score (nSPS) is 10.0. The van der Waals surface area contributed by atoms with E-state index in [1.165, 1.54) is 6.26 Å². The largest absolute Gasteiger partial charge is 0.462 e. The summed E-state index contributed by atoms with van der Waals surface area (Å²) in [4.78, 5) is 20.8. The summed E-state index contributed by atoms with van der Waals surface area (Å²) in [5.74, 6) is 1.82. The molecule has 0 radical (unpaired) electrons. The van der Waals surface area contributed by atoms with Crippen LogP contribution in [0.15, 0.2) is 22.8 Å². The van der Waals surface area contributed by atoms with Crippen LogP contribution in [0.2, 0.25) is 0 Å². The van der Waals surface area contributed by atoms with Crippen LogP contribution in [0.4, 0.5) is 0 Å². The van der Waals surface area contributed by atoms with Crippen molar-refractivity contribution in [2.24, 2.45) is 11.8 Å². The quantitative estimate of drug-likeness (QED) is 0.734. The van der Waals surface area contributed by atoms with Gasteiger partial charge in [0, 0.05) is 12.8 Å². The van der Waals surface area contributed by atoms with Gasteiger partial charge in [0.1, 0.15) is 5.78 Å². The second-order valence-electron chi connectivity index (χ2n) is 4.87. The van der Waals surface area contributed by atoms with Gasteiger partial charge in [-0.1, -0.05) is 27.7 Å². The minimum Gasteiger partial charge on any atom is -0.462 e. The molecule has 0 spiro atoms. The first-order valence-electron chi connectivity index (χ1n) is 5.96. The molecule has 0 bridgehead atoms. The third kappa shape index (κ3) is 9.54. The molecule has 0 aliphatic heterocycles. The topological polar surface area (TPSA) is 47.3 Å². The van der Waals surface area contributed by atoms with Crippen LogP contribution in [0.5, 0.6) is 0 Å². The van der Waals surface area contributed by atoms with Gasteiger partial charge < -0.3 is 4.42 Å². The standard InChI is InChI=1S/C9H18O.C5H4O2/c1-7(2)5-9(10)6-8(3)4;6-4-5-2-1-3-7-5/h7-8H,5-6H2,1-4H3;1-4H. The van der Waals surface area contributed by atoms with Crippen molar-refractivity contribution in [1.82, 2.24) is 0 Å². The lowest BCUT2D eigenvalue weighted by Crippen LogP contribution is -2.05. The molecule has 0 saturated heterocycles. The van der Waals surface area contributed by atoms with Crippen LogP contribution in [0.25, 0.3) is 0 Å². The number of carbonyl (C=O) groups is 2. The lowest BCUT2D eigenvalue weighted by Gasteiger charge is -2.05. The first kappa shape index (κ1) is 15.6. The SMILES string of the molecule is CC(C)CC(=O)CC(C)C.O=Cc1ccco1. The highest BCUT2D eigenvalue weighted by atomic mass is 16.3. The van der Waals surface area contributed by atoms with E-state index in [4.69, 9.17) is 0 Å². The second-order valence-corrected chi connectivity index (χ2v) is 4.87. The van der Waals surface area contributed by atoms with Gasteiger partial charge in [0.15, 0.2) is 12.0 Å². The Labute approximate surface area is 103 Å². The first-order chi connectivity index (χ1) is 7.95. The maximum Gasteiger partial charge on any atom is 0.185 e. The monoisotopic (exact) mass is 238 g/mol. The van der Waals surface area contributed by atoms with E-state index in [9.17, 15) is 9.59 Å². The summed E-state index contributed by atoms with van der Waals surface area (Å²) < 4.78 is 4.61. The zero-order valence-corrected chi connectivity index (χ0v) is 11.1. The fourth-order valence-electron chi connectivity index (χ4n) is 1.35. The van der Waals surface area contributed by atoms with Crippen molar-refractivity contribution in [2.45, 2.75) is 40.5 Å². The molecule has 0 atom stereocenters. The van der Waals surface area contributed by atoms with Gasteiger partial charge in [-0.15, -0.1) is 0 Å². The first-order valence-corrected chi connectivity index (χ1v) is 5.96. The number of hydrogen-bond donors (Lipinski definition) is 0. The molecule has 1 heterocycles. The molecule has 1 aromatic heterocycles. The van der Waals surface area contributed by atoms with Gasteiger partial charge in [-0.25, -0.2) is 0 Å². The number of ketones is 1. The van der Waals surface area contributed by atoms with E-state index in [0.29, 0.717) is 29.7 Å². The van der Waals surface area contributed by atoms with Gasteiger partial charge in [-0.3, -0.25) is 9.59 Å². The van der Waals surface area contributed by atoms with E-state index in [1.807, 2.05) is 0 Å². The molecule has 17 heavy (non-hydrogen) atoms. The molecule has 1 aromatic rings. The molecular formula is C14H22O3.